The summed E-state index contributed by atoms with van der Waals surface area (Å²) >= 11 is 4.15. The van der Waals surface area contributed by atoms with E-state index in [1.165, 1.54) is 4.90 Å². The lowest BCUT2D eigenvalue weighted by Crippen LogP contribution is -2.58. The third-order valence-electron chi connectivity index (χ3n) is 5.54. The van der Waals surface area contributed by atoms with Crippen LogP contribution in [0.2, 0.25) is 0 Å². The Morgan fingerprint density at radius 2 is 1.71 bits per heavy atom. The number of carboxylic acids is 2. The summed E-state index contributed by atoms with van der Waals surface area (Å²) in [6, 6.07) is 4.57. The molecule has 0 aliphatic carbocycles. The smallest absolute Gasteiger partial charge is 0.326 e. The summed E-state index contributed by atoms with van der Waals surface area (Å²) in [5.41, 5.74) is 6.51. The number of carbonyl (C=O) groups is 5. The summed E-state index contributed by atoms with van der Waals surface area (Å²) in [5.74, 6) is -4.20. The lowest BCUT2D eigenvalue weighted by molar-refractivity contribution is -0.149. The summed E-state index contributed by atoms with van der Waals surface area (Å²) in [7, 11) is 0. The van der Waals surface area contributed by atoms with Gasteiger partial charge in [-0.05, 0) is 24.8 Å². The summed E-state index contributed by atoms with van der Waals surface area (Å²) < 4.78 is 0. The maximum atomic E-state index is 13.1. The first kappa shape index (κ1) is 27.1. The second-order valence-corrected chi connectivity index (χ2v) is 8.43. The molecular formula is C22H30N4O7S. The van der Waals surface area contributed by atoms with E-state index in [2.05, 4.69) is 23.3 Å². The Morgan fingerprint density at radius 3 is 2.29 bits per heavy atom. The van der Waals surface area contributed by atoms with E-state index in [1.54, 1.807) is 30.3 Å². The summed E-state index contributed by atoms with van der Waals surface area (Å²) in [6.45, 7) is 0.262. The van der Waals surface area contributed by atoms with Gasteiger partial charge in [0.2, 0.25) is 17.7 Å². The van der Waals surface area contributed by atoms with Crippen molar-refractivity contribution in [3.8, 4) is 0 Å². The van der Waals surface area contributed by atoms with Gasteiger partial charge in [-0.1, -0.05) is 30.3 Å². The second kappa shape index (κ2) is 12.9. The average molecular weight is 495 g/mol. The Morgan fingerprint density at radius 1 is 1.06 bits per heavy atom. The Balaban J connectivity index is 2.14. The van der Waals surface area contributed by atoms with Gasteiger partial charge in [0, 0.05) is 25.1 Å². The van der Waals surface area contributed by atoms with Crippen LogP contribution in [0.4, 0.5) is 0 Å². The summed E-state index contributed by atoms with van der Waals surface area (Å²) in [4.78, 5) is 62.0. The van der Waals surface area contributed by atoms with Gasteiger partial charge in [0.05, 0.1) is 6.04 Å². The van der Waals surface area contributed by atoms with Gasteiger partial charge in [0.1, 0.15) is 18.1 Å². The van der Waals surface area contributed by atoms with Crippen molar-refractivity contribution in [1.82, 2.24) is 15.5 Å². The lowest BCUT2D eigenvalue weighted by Gasteiger charge is -2.28. The fourth-order valence-corrected chi connectivity index (χ4v) is 3.94. The van der Waals surface area contributed by atoms with Gasteiger partial charge in [-0.15, -0.1) is 0 Å². The first-order chi connectivity index (χ1) is 16.1. The fraction of sp³-hybridized carbons (Fsp3) is 0.500. The highest BCUT2D eigenvalue weighted by molar-refractivity contribution is 7.80. The molecule has 1 aromatic rings. The monoisotopic (exact) mass is 494 g/mol. The molecule has 1 saturated heterocycles. The van der Waals surface area contributed by atoms with Crippen LogP contribution >= 0.6 is 12.6 Å². The Labute approximate surface area is 202 Å². The third kappa shape index (κ3) is 7.73. The molecule has 0 radical (unpaired) electrons. The topological polar surface area (TPSA) is 179 Å². The van der Waals surface area contributed by atoms with Crippen LogP contribution in [0.3, 0.4) is 0 Å². The van der Waals surface area contributed by atoms with Crippen molar-refractivity contribution >= 4 is 42.3 Å². The minimum Gasteiger partial charge on any atom is -0.481 e. The Bertz CT molecular complexity index is 898. The molecule has 4 unspecified atom stereocenters. The number of amides is 3. The zero-order chi connectivity index (χ0) is 25.3. The van der Waals surface area contributed by atoms with E-state index >= 15 is 0 Å². The molecule has 2 rings (SSSR count). The van der Waals surface area contributed by atoms with Gasteiger partial charge >= 0.3 is 11.9 Å². The van der Waals surface area contributed by atoms with Crippen LogP contribution in [0.25, 0.3) is 0 Å². The van der Waals surface area contributed by atoms with Gasteiger partial charge < -0.3 is 31.5 Å². The van der Waals surface area contributed by atoms with Crippen LogP contribution in [0.15, 0.2) is 30.3 Å². The molecule has 1 aliphatic heterocycles. The van der Waals surface area contributed by atoms with Gasteiger partial charge in [-0.2, -0.15) is 12.6 Å². The van der Waals surface area contributed by atoms with Crippen molar-refractivity contribution in [2.24, 2.45) is 5.73 Å². The summed E-state index contributed by atoms with van der Waals surface area (Å²) in [6.07, 6.45) is 0.552. The first-order valence-electron chi connectivity index (χ1n) is 10.9. The van der Waals surface area contributed by atoms with E-state index in [1.807, 2.05) is 0 Å². The number of benzene rings is 1. The molecule has 0 saturated carbocycles. The van der Waals surface area contributed by atoms with Gasteiger partial charge in [-0.25, -0.2) is 4.79 Å². The second-order valence-electron chi connectivity index (χ2n) is 8.06. The van der Waals surface area contributed by atoms with Crippen LogP contribution in [-0.4, -0.2) is 81.2 Å². The molecule has 186 valence electrons. The standard InChI is InChI=1S/C22H30N4O7S/c23-14(8-9-18(27)28)19(29)24-15(11-13-5-2-1-3-6-13)20(30)25-16(12-34)21(31)26-10-4-7-17(26)22(32)33/h1-3,5-6,14-17,34H,4,7-12,23H2,(H,24,29)(H,25,30)(H,27,28)(H,32,33). The molecule has 1 fully saturated rings. The molecule has 6 N–H and O–H groups in total. The SMILES string of the molecule is NC(CCC(=O)O)C(=O)NC(Cc1ccccc1)C(=O)NC(CS)C(=O)N1CCCC1C(=O)O. The van der Waals surface area contributed by atoms with Crippen molar-refractivity contribution in [3.05, 3.63) is 35.9 Å². The van der Waals surface area contributed by atoms with E-state index in [9.17, 15) is 29.1 Å². The van der Waals surface area contributed by atoms with Crippen LogP contribution in [0, 0.1) is 0 Å². The fourth-order valence-electron chi connectivity index (χ4n) is 3.69. The number of nitrogens with zero attached hydrogens (tertiary/aromatic N) is 1. The quantitative estimate of drug-likeness (QED) is 0.208. The van der Waals surface area contributed by atoms with Crippen LogP contribution in [-0.2, 0) is 30.4 Å². The van der Waals surface area contributed by atoms with E-state index in [0.717, 1.165) is 5.56 Å². The number of aliphatic carboxylic acids is 2. The number of rotatable bonds is 12. The predicted molar refractivity (Wildman–Crippen MR) is 125 cm³/mol. The molecule has 11 nitrogen and oxygen atoms in total. The minimum atomic E-state index is -1.13. The molecule has 12 heteroatoms. The predicted octanol–water partition coefficient (Wildman–Crippen LogP) is -0.604. The number of carboxylic acid groups (broad SMARTS) is 2. The third-order valence-corrected chi connectivity index (χ3v) is 5.90. The zero-order valence-corrected chi connectivity index (χ0v) is 19.4. The van der Waals surface area contributed by atoms with Crippen LogP contribution < -0.4 is 16.4 Å². The molecule has 34 heavy (non-hydrogen) atoms. The van der Waals surface area contributed by atoms with Crippen LogP contribution in [0.5, 0.6) is 0 Å². The van der Waals surface area contributed by atoms with Crippen molar-refractivity contribution < 1.29 is 34.2 Å². The molecule has 1 heterocycles. The van der Waals surface area contributed by atoms with Crippen LogP contribution in [0.1, 0.15) is 31.2 Å². The average Bonchev–Trinajstić information content (AvgIpc) is 3.31. The summed E-state index contributed by atoms with van der Waals surface area (Å²) in [5, 5.41) is 23.3. The van der Waals surface area contributed by atoms with E-state index in [0.29, 0.717) is 12.8 Å². The highest BCUT2D eigenvalue weighted by Gasteiger charge is 2.38. The maximum absolute atomic E-state index is 13.1. The van der Waals surface area contributed by atoms with E-state index < -0.39 is 53.8 Å². The molecule has 0 bridgehead atoms. The number of nitrogens with one attached hydrogen (secondary N) is 2. The van der Waals surface area contributed by atoms with Gasteiger partial charge in [0.15, 0.2) is 0 Å². The molecule has 4 atom stereocenters. The van der Waals surface area contributed by atoms with Crippen molar-refractivity contribution in [2.45, 2.75) is 56.3 Å². The molecular weight excluding hydrogens is 464 g/mol. The molecule has 0 spiro atoms. The normalized spacial score (nSPS) is 17.9. The van der Waals surface area contributed by atoms with Crippen molar-refractivity contribution in [1.29, 1.82) is 0 Å². The Kier molecular flexibility index (Phi) is 10.3. The van der Waals surface area contributed by atoms with E-state index in [4.69, 9.17) is 10.8 Å². The molecule has 1 aromatic carbocycles. The minimum absolute atomic E-state index is 0.0719. The lowest BCUT2D eigenvalue weighted by atomic mass is 10.0. The highest BCUT2D eigenvalue weighted by Crippen LogP contribution is 2.19. The van der Waals surface area contributed by atoms with Gasteiger partial charge in [0.25, 0.3) is 0 Å². The maximum Gasteiger partial charge on any atom is 0.326 e. The van der Waals surface area contributed by atoms with E-state index in [-0.39, 0.29) is 31.6 Å². The van der Waals surface area contributed by atoms with Crippen molar-refractivity contribution in [2.75, 3.05) is 12.3 Å². The number of nitrogens with two attached hydrogens (primary N) is 1. The number of hydrogen-bond donors (Lipinski definition) is 6. The molecule has 3 amide bonds. The zero-order valence-electron chi connectivity index (χ0n) is 18.6. The number of hydrogen-bond acceptors (Lipinski definition) is 7. The molecule has 1 aliphatic rings. The number of likely N-dealkylation sites (tertiary alicyclic amines) is 1. The molecule has 0 aromatic heterocycles. The number of carbonyl (C=O) groups excluding carboxylic acids is 3. The Hall–Kier alpha value is -3.12. The van der Waals surface area contributed by atoms with Gasteiger partial charge in [-0.3, -0.25) is 19.2 Å². The largest absolute Gasteiger partial charge is 0.481 e. The van der Waals surface area contributed by atoms with Crippen molar-refractivity contribution in [3.63, 3.8) is 0 Å². The highest BCUT2D eigenvalue weighted by atomic mass is 32.1. The number of thiol groups is 1. The first-order valence-corrected chi connectivity index (χ1v) is 11.5.